The second kappa shape index (κ2) is 9.58. The van der Waals surface area contributed by atoms with E-state index in [2.05, 4.69) is 10.4 Å². The fourth-order valence-corrected chi connectivity index (χ4v) is 3.90. The number of nitrogens with one attached hydrogen (secondary N) is 1. The number of carbonyl (C=O) groups is 2. The average molecular weight is 415 g/mol. The first-order valence-electron chi connectivity index (χ1n) is 11.2. The van der Waals surface area contributed by atoms with Gasteiger partial charge in [0.05, 0.1) is 17.1 Å². The summed E-state index contributed by atoms with van der Waals surface area (Å²) in [6.45, 7) is 9.73. The highest BCUT2D eigenvalue weighted by Gasteiger charge is 2.25. The lowest BCUT2D eigenvalue weighted by atomic mass is 10.1. The van der Waals surface area contributed by atoms with E-state index in [1.807, 2.05) is 27.7 Å². The first-order chi connectivity index (χ1) is 14.3. The Bertz CT molecular complexity index is 895. The van der Waals surface area contributed by atoms with Gasteiger partial charge in [0.15, 0.2) is 11.8 Å². The Hall–Kier alpha value is -2.44. The Morgan fingerprint density at radius 2 is 1.77 bits per heavy atom. The summed E-state index contributed by atoms with van der Waals surface area (Å²) in [6, 6.07) is 2.05. The van der Waals surface area contributed by atoms with Crippen molar-refractivity contribution < 1.29 is 14.3 Å². The standard InChI is InChI=1S/C23H34N4O3/c1-14(2)20-12-18(19-13-24-27(15(3)4)21(19)26-20)23(29)30-16(5)22(28)25-17-10-8-6-7-9-11-17/h12-17H,6-11H2,1-5H3,(H,25,28)/t16-/m1/s1. The van der Waals surface area contributed by atoms with Gasteiger partial charge < -0.3 is 10.1 Å². The summed E-state index contributed by atoms with van der Waals surface area (Å²) in [5.41, 5.74) is 1.87. The number of aromatic nitrogens is 3. The van der Waals surface area contributed by atoms with Crippen LogP contribution in [0.1, 0.15) is 101 Å². The normalized spacial score (nSPS) is 16.6. The maximum atomic E-state index is 13.0. The molecule has 1 atom stereocenters. The molecule has 2 aromatic heterocycles. The Balaban J connectivity index is 1.79. The summed E-state index contributed by atoms with van der Waals surface area (Å²) in [5.74, 6) is -0.606. The van der Waals surface area contributed by atoms with Gasteiger partial charge in [0.1, 0.15) is 0 Å². The number of pyridine rings is 1. The number of esters is 1. The van der Waals surface area contributed by atoms with E-state index < -0.39 is 12.1 Å². The van der Waals surface area contributed by atoms with Gasteiger partial charge in [-0.15, -0.1) is 0 Å². The van der Waals surface area contributed by atoms with Crippen molar-refractivity contribution in [1.29, 1.82) is 0 Å². The average Bonchev–Trinajstić information content (AvgIpc) is 2.97. The predicted octanol–water partition coefficient (Wildman–Crippen LogP) is 4.52. The van der Waals surface area contributed by atoms with Crippen molar-refractivity contribution >= 4 is 22.9 Å². The molecule has 30 heavy (non-hydrogen) atoms. The fourth-order valence-electron chi connectivity index (χ4n) is 3.90. The number of rotatable bonds is 6. The maximum absolute atomic E-state index is 13.0. The van der Waals surface area contributed by atoms with E-state index in [9.17, 15) is 9.59 Å². The van der Waals surface area contributed by atoms with Crippen LogP contribution in [0.15, 0.2) is 12.3 Å². The third kappa shape index (κ3) is 4.99. The second-order valence-corrected chi connectivity index (χ2v) is 8.91. The van der Waals surface area contributed by atoms with Crippen LogP contribution < -0.4 is 5.32 Å². The number of amides is 1. The SMILES string of the molecule is CC(C)c1cc(C(=O)O[C@H](C)C(=O)NC2CCCCCC2)c2cnn(C(C)C)c2n1. The maximum Gasteiger partial charge on any atom is 0.339 e. The second-order valence-electron chi connectivity index (χ2n) is 8.91. The van der Waals surface area contributed by atoms with Crippen molar-refractivity contribution in [2.24, 2.45) is 0 Å². The molecule has 0 aromatic carbocycles. The molecule has 1 fully saturated rings. The van der Waals surface area contributed by atoms with Crippen molar-refractivity contribution in [3.8, 4) is 0 Å². The number of carbonyl (C=O) groups excluding carboxylic acids is 2. The van der Waals surface area contributed by atoms with Gasteiger partial charge >= 0.3 is 5.97 Å². The molecule has 1 N–H and O–H groups in total. The minimum atomic E-state index is -0.855. The molecular formula is C23H34N4O3. The number of fused-ring (bicyclic) bond motifs is 1. The molecule has 1 amide bonds. The van der Waals surface area contributed by atoms with E-state index in [-0.39, 0.29) is 23.9 Å². The molecule has 7 nitrogen and oxygen atoms in total. The Morgan fingerprint density at radius 3 is 2.37 bits per heavy atom. The van der Waals surface area contributed by atoms with Gasteiger partial charge in [0, 0.05) is 17.8 Å². The van der Waals surface area contributed by atoms with E-state index in [0.29, 0.717) is 16.6 Å². The molecule has 1 saturated carbocycles. The van der Waals surface area contributed by atoms with Crippen LogP contribution in [0.4, 0.5) is 0 Å². The zero-order valence-corrected chi connectivity index (χ0v) is 18.8. The summed E-state index contributed by atoms with van der Waals surface area (Å²) in [7, 11) is 0. The van der Waals surface area contributed by atoms with E-state index in [0.717, 1.165) is 31.4 Å². The quantitative estimate of drug-likeness (QED) is 0.555. The molecule has 2 heterocycles. The van der Waals surface area contributed by atoms with Crippen molar-refractivity contribution in [2.45, 2.75) is 97.2 Å². The highest BCUT2D eigenvalue weighted by molar-refractivity contribution is 6.03. The number of hydrogen-bond acceptors (Lipinski definition) is 5. The lowest BCUT2D eigenvalue weighted by Gasteiger charge is -2.20. The van der Waals surface area contributed by atoms with Gasteiger partial charge in [-0.1, -0.05) is 39.5 Å². The van der Waals surface area contributed by atoms with Crippen molar-refractivity contribution in [3.63, 3.8) is 0 Å². The summed E-state index contributed by atoms with van der Waals surface area (Å²) < 4.78 is 7.37. The Kier molecular flexibility index (Phi) is 7.10. The number of ether oxygens (including phenoxy) is 1. The number of nitrogens with zero attached hydrogens (tertiary/aromatic N) is 3. The number of hydrogen-bond donors (Lipinski definition) is 1. The van der Waals surface area contributed by atoms with Crippen molar-refractivity contribution in [3.05, 3.63) is 23.5 Å². The molecule has 0 unspecified atom stereocenters. The van der Waals surface area contributed by atoms with E-state index in [1.165, 1.54) is 12.8 Å². The zero-order valence-electron chi connectivity index (χ0n) is 18.8. The molecule has 7 heteroatoms. The van der Waals surface area contributed by atoms with E-state index >= 15 is 0 Å². The minimum Gasteiger partial charge on any atom is -0.449 e. The van der Waals surface area contributed by atoms with Gasteiger partial charge in [0.2, 0.25) is 0 Å². The summed E-state index contributed by atoms with van der Waals surface area (Å²) in [4.78, 5) is 30.3. The van der Waals surface area contributed by atoms with Gasteiger partial charge in [0.25, 0.3) is 5.91 Å². The minimum absolute atomic E-state index is 0.116. The van der Waals surface area contributed by atoms with Crippen LogP contribution in [0.3, 0.4) is 0 Å². The smallest absolute Gasteiger partial charge is 0.339 e. The Labute approximate surface area is 178 Å². The predicted molar refractivity (Wildman–Crippen MR) is 117 cm³/mol. The van der Waals surface area contributed by atoms with Gasteiger partial charge in [-0.25, -0.2) is 14.5 Å². The molecule has 1 aliphatic carbocycles. The topological polar surface area (TPSA) is 86.1 Å². The van der Waals surface area contributed by atoms with Crippen LogP contribution in [0.5, 0.6) is 0 Å². The zero-order chi connectivity index (χ0) is 21.8. The molecule has 164 valence electrons. The first kappa shape index (κ1) is 22.2. The summed E-state index contributed by atoms with van der Waals surface area (Å²) in [6.07, 6.45) is 7.48. The van der Waals surface area contributed by atoms with E-state index in [1.54, 1.807) is 23.9 Å². The van der Waals surface area contributed by atoms with Crippen molar-refractivity contribution in [2.75, 3.05) is 0 Å². The molecule has 0 bridgehead atoms. The van der Waals surface area contributed by atoms with Gasteiger partial charge in [-0.3, -0.25) is 4.79 Å². The highest BCUT2D eigenvalue weighted by Crippen LogP contribution is 2.25. The first-order valence-corrected chi connectivity index (χ1v) is 11.2. The lowest BCUT2D eigenvalue weighted by molar-refractivity contribution is -0.129. The van der Waals surface area contributed by atoms with Crippen LogP contribution >= 0.6 is 0 Å². The Morgan fingerprint density at radius 1 is 1.10 bits per heavy atom. The fraction of sp³-hybridized carbons (Fsp3) is 0.652. The molecule has 3 rings (SSSR count). The monoisotopic (exact) mass is 414 g/mol. The molecule has 0 saturated heterocycles. The molecule has 0 aliphatic heterocycles. The van der Waals surface area contributed by atoms with Crippen LogP contribution in [0.25, 0.3) is 11.0 Å². The van der Waals surface area contributed by atoms with Crippen LogP contribution in [0, 0.1) is 0 Å². The third-order valence-corrected chi connectivity index (χ3v) is 5.74. The van der Waals surface area contributed by atoms with Crippen LogP contribution in [-0.2, 0) is 9.53 Å². The summed E-state index contributed by atoms with van der Waals surface area (Å²) >= 11 is 0. The largest absolute Gasteiger partial charge is 0.449 e. The van der Waals surface area contributed by atoms with Crippen LogP contribution in [0.2, 0.25) is 0 Å². The molecule has 0 radical (unpaired) electrons. The molecule has 0 spiro atoms. The molecule has 1 aliphatic rings. The third-order valence-electron chi connectivity index (χ3n) is 5.74. The van der Waals surface area contributed by atoms with E-state index in [4.69, 9.17) is 9.72 Å². The molecule has 2 aromatic rings. The van der Waals surface area contributed by atoms with Gasteiger partial charge in [-0.2, -0.15) is 5.10 Å². The lowest BCUT2D eigenvalue weighted by Crippen LogP contribution is -2.41. The summed E-state index contributed by atoms with van der Waals surface area (Å²) in [5, 5.41) is 8.11. The van der Waals surface area contributed by atoms with Gasteiger partial charge in [-0.05, 0) is 45.6 Å². The highest BCUT2D eigenvalue weighted by atomic mass is 16.5. The van der Waals surface area contributed by atoms with Crippen molar-refractivity contribution in [1.82, 2.24) is 20.1 Å². The van der Waals surface area contributed by atoms with Crippen LogP contribution in [-0.4, -0.2) is 38.8 Å². The molecular weight excluding hydrogens is 380 g/mol.